The maximum Gasteiger partial charge on any atom is 0.335 e. The van der Waals surface area contributed by atoms with Crippen molar-refractivity contribution in [3.05, 3.63) is 29.3 Å². The topological polar surface area (TPSA) is 40.5 Å². The monoisotopic (exact) mass is 215 g/mol. The first-order valence-electron chi connectivity index (χ1n) is 5.23. The Kier molecular flexibility index (Phi) is 2.82. The Balaban J connectivity index is 2.27. The highest BCUT2D eigenvalue weighted by molar-refractivity contribution is 5.88. The van der Waals surface area contributed by atoms with Gasteiger partial charge in [-0.05, 0) is 37.1 Å². The molecule has 82 valence electrons. The van der Waals surface area contributed by atoms with E-state index >= 15 is 0 Å². The minimum atomic E-state index is -0.866. The predicted octanol–water partition coefficient (Wildman–Crippen LogP) is 1.77. The largest absolute Gasteiger partial charge is 0.478 e. The molecule has 0 saturated heterocycles. The van der Waals surface area contributed by atoms with E-state index in [0.29, 0.717) is 5.56 Å². The molecule has 3 nitrogen and oxygen atoms in total. The van der Waals surface area contributed by atoms with Crippen molar-refractivity contribution >= 4 is 11.7 Å². The van der Waals surface area contributed by atoms with Crippen molar-refractivity contribution in [3.8, 4) is 11.8 Å². The molecule has 3 heteroatoms. The van der Waals surface area contributed by atoms with Gasteiger partial charge >= 0.3 is 5.97 Å². The average Bonchev–Trinajstić information content (AvgIpc) is 2.68. The fourth-order valence-electron chi connectivity index (χ4n) is 1.94. The summed E-state index contributed by atoms with van der Waals surface area (Å²) < 4.78 is 0. The van der Waals surface area contributed by atoms with Crippen molar-refractivity contribution in [1.29, 1.82) is 0 Å². The minimum absolute atomic E-state index is 0.363. The molecule has 1 aromatic rings. The number of hydrogen-bond donors (Lipinski definition) is 1. The van der Waals surface area contributed by atoms with E-state index in [2.05, 4.69) is 16.7 Å². The molecule has 0 aromatic heterocycles. The molecule has 0 amide bonds. The highest BCUT2D eigenvalue weighted by atomic mass is 16.4. The fraction of sp³-hybridized carbons (Fsp3) is 0.308. The first-order valence-corrected chi connectivity index (χ1v) is 5.23. The van der Waals surface area contributed by atoms with E-state index in [9.17, 15) is 4.79 Å². The molecule has 0 saturated carbocycles. The molecule has 0 unspecified atom stereocenters. The van der Waals surface area contributed by atoms with E-state index < -0.39 is 5.97 Å². The molecule has 1 aliphatic heterocycles. The van der Waals surface area contributed by atoms with E-state index in [1.165, 1.54) is 0 Å². The van der Waals surface area contributed by atoms with Gasteiger partial charge in [-0.3, -0.25) is 0 Å². The van der Waals surface area contributed by atoms with Crippen molar-refractivity contribution < 1.29 is 9.90 Å². The first-order chi connectivity index (χ1) is 7.72. The Morgan fingerprint density at radius 1 is 1.56 bits per heavy atom. The van der Waals surface area contributed by atoms with Gasteiger partial charge in [-0.2, -0.15) is 0 Å². The van der Waals surface area contributed by atoms with Crippen molar-refractivity contribution in [1.82, 2.24) is 0 Å². The van der Waals surface area contributed by atoms with Crippen molar-refractivity contribution in [2.75, 3.05) is 18.0 Å². The van der Waals surface area contributed by atoms with Crippen LogP contribution in [0, 0.1) is 11.8 Å². The molecule has 1 aromatic carbocycles. The molecule has 1 heterocycles. The smallest absolute Gasteiger partial charge is 0.335 e. The summed E-state index contributed by atoms with van der Waals surface area (Å²) in [6.07, 6.45) is 0.905. The number of fused-ring (bicyclic) bond motifs is 1. The van der Waals surface area contributed by atoms with Crippen LogP contribution in [-0.4, -0.2) is 24.2 Å². The number of hydrogen-bond acceptors (Lipinski definition) is 2. The quantitative estimate of drug-likeness (QED) is 0.764. The maximum atomic E-state index is 10.8. The van der Waals surface area contributed by atoms with Gasteiger partial charge in [0.25, 0.3) is 0 Å². The molecular formula is C13H13NO2. The highest BCUT2D eigenvalue weighted by Crippen LogP contribution is 2.28. The van der Waals surface area contributed by atoms with Crippen molar-refractivity contribution in [2.24, 2.45) is 0 Å². The van der Waals surface area contributed by atoms with Gasteiger partial charge in [0.05, 0.1) is 12.1 Å². The first kappa shape index (κ1) is 10.6. The van der Waals surface area contributed by atoms with E-state index in [4.69, 9.17) is 5.11 Å². The van der Waals surface area contributed by atoms with Crippen molar-refractivity contribution in [2.45, 2.75) is 13.3 Å². The molecular weight excluding hydrogens is 202 g/mol. The van der Waals surface area contributed by atoms with E-state index in [1.54, 1.807) is 12.1 Å². The van der Waals surface area contributed by atoms with E-state index in [0.717, 1.165) is 30.8 Å². The summed E-state index contributed by atoms with van der Waals surface area (Å²) in [6, 6.07) is 5.29. The van der Waals surface area contributed by atoms with Gasteiger partial charge < -0.3 is 10.0 Å². The van der Waals surface area contributed by atoms with Gasteiger partial charge in [0.2, 0.25) is 0 Å². The summed E-state index contributed by atoms with van der Waals surface area (Å²) >= 11 is 0. The van der Waals surface area contributed by atoms with Gasteiger partial charge in [-0.15, -0.1) is 5.92 Å². The number of carboxylic acid groups (broad SMARTS) is 1. The molecule has 1 N–H and O–H groups in total. The summed E-state index contributed by atoms with van der Waals surface area (Å²) in [6.45, 7) is 3.47. The molecule has 0 spiro atoms. The lowest BCUT2D eigenvalue weighted by Crippen LogP contribution is -2.20. The van der Waals surface area contributed by atoms with Crippen LogP contribution < -0.4 is 4.90 Å². The third-order valence-electron chi connectivity index (χ3n) is 2.76. The van der Waals surface area contributed by atoms with Crippen LogP contribution in [0.25, 0.3) is 0 Å². The molecule has 0 aliphatic carbocycles. The number of benzene rings is 1. The Morgan fingerprint density at radius 2 is 2.38 bits per heavy atom. The lowest BCUT2D eigenvalue weighted by Gasteiger charge is -2.15. The molecule has 1 aliphatic rings. The van der Waals surface area contributed by atoms with Crippen LogP contribution in [0.1, 0.15) is 22.8 Å². The number of carbonyl (C=O) groups is 1. The summed E-state index contributed by atoms with van der Waals surface area (Å²) in [5, 5.41) is 8.89. The third kappa shape index (κ3) is 1.87. The van der Waals surface area contributed by atoms with Gasteiger partial charge in [0.1, 0.15) is 0 Å². The summed E-state index contributed by atoms with van der Waals surface area (Å²) in [5.41, 5.74) is 2.59. The fourth-order valence-corrected chi connectivity index (χ4v) is 1.94. The number of carboxylic acids is 1. The number of rotatable bonds is 2. The van der Waals surface area contributed by atoms with Gasteiger partial charge in [-0.1, -0.05) is 5.92 Å². The van der Waals surface area contributed by atoms with Crippen LogP contribution in [0.15, 0.2) is 18.2 Å². The average molecular weight is 215 g/mol. The molecule has 16 heavy (non-hydrogen) atoms. The standard InChI is InChI=1S/C13H13NO2/c1-2-3-7-14-8-6-10-9-11(13(15)16)4-5-12(10)14/h4-5,9H,6-8H2,1H3,(H,15,16). The Morgan fingerprint density at radius 3 is 3.06 bits per heavy atom. The van der Waals surface area contributed by atoms with Crippen LogP contribution >= 0.6 is 0 Å². The number of aromatic carboxylic acids is 1. The zero-order chi connectivity index (χ0) is 11.5. The zero-order valence-electron chi connectivity index (χ0n) is 9.16. The van der Waals surface area contributed by atoms with Crippen molar-refractivity contribution in [3.63, 3.8) is 0 Å². The van der Waals surface area contributed by atoms with Crippen LogP contribution in [-0.2, 0) is 6.42 Å². The van der Waals surface area contributed by atoms with E-state index in [1.807, 2.05) is 13.0 Å². The number of nitrogens with zero attached hydrogens (tertiary/aromatic N) is 1. The Bertz CT molecular complexity index is 482. The molecule has 0 fully saturated rings. The SMILES string of the molecule is CC#CCN1CCc2cc(C(=O)O)ccc21. The lowest BCUT2D eigenvalue weighted by atomic mass is 10.1. The normalized spacial score (nSPS) is 12.9. The Hall–Kier alpha value is -1.95. The summed E-state index contributed by atoms with van der Waals surface area (Å²) in [7, 11) is 0. The summed E-state index contributed by atoms with van der Waals surface area (Å²) in [4.78, 5) is 13.0. The lowest BCUT2D eigenvalue weighted by molar-refractivity contribution is 0.0697. The second-order valence-corrected chi connectivity index (χ2v) is 3.75. The van der Waals surface area contributed by atoms with Gasteiger partial charge in [0, 0.05) is 12.2 Å². The van der Waals surface area contributed by atoms with E-state index in [-0.39, 0.29) is 0 Å². The van der Waals surface area contributed by atoms with Crippen LogP contribution in [0.4, 0.5) is 5.69 Å². The second-order valence-electron chi connectivity index (χ2n) is 3.75. The molecule has 2 rings (SSSR count). The maximum absolute atomic E-state index is 10.8. The van der Waals surface area contributed by atoms with Gasteiger partial charge in [-0.25, -0.2) is 4.79 Å². The Labute approximate surface area is 94.7 Å². The summed E-state index contributed by atoms with van der Waals surface area (Å²) in [5.74, 6) is 5.03. The molecule has 0 bridgehead atoms. The minimum Gasteiger partial charge on any atom is -0.478 e. The highest BCUT2D eigenvalue weighted by Gasteiger charge is 2.19. The molecule has 0 radical (unpaired) electrons. The number of anilines is 1. The second kappa shape index (κ2) is 4.28. The van der Waals surface area contributed by atoms with Crippen LogP contribution in [0.5, 0.6) is 0 Å². The third-order valence-corrected chi connectivity index (χ3v) is 2.76. The zero-order valence-corrected chi connectivity index (χ0v) is 9.16. The van der Waals surface area contributed by atoms with Crippen LogP contribution in [0.2, 0.25) is 0 Å². The molecule has 0 atom stereocenters. The van der Waals surface area contributed by atoms with Crippen LogP contribution in [0.3, 0.4) is 0 Å². The predicted molar refractivity (Wildman–Crippen MR) is 62.8 cm³/mol. The van der Waals surface area contributed by atoms with Gasteiger partial charge in [0.15, 0.2) is 0 Å².